The molecular formula is C27H33NO6. The zero-order valence-electron chi connectivity index (χ0n) is 19.8. The van der Waals surface area contributed by atoms with Crippen molar-refractivity contribution in [2.75, 3.05) is 13.2 Å². The van der Waals surface area contributed by atoms with Gasteiger partial charge in [0.25, 0.3) is 0 Å². The summed E-state index contributed by atoms with van der Waals surface area (Å²) in [5.74, 6) is 0.831. The Morgan fingerprint density at radius 1 is 1.32 bits per heavy atom. The maximum absolute atomic E-state index is 13.5. The lowest BCUT2D eigenvalue weighted by atomic mass is 9.46. The van der Waals surface area contributed by atoms with Crippen molar-refractivity contribution < 1.29 is 29.1 Å². The molecule has 3 saturated carbocycles. The second kappa shape index (κ2) is 7.47. The van der Waals surface area contributed by atoms with E-state index in [9.17, 15) is 19.8 Å². The van der Waals surface area contributed by atoms with Crippen molar-refractivity contribution in [3.05, 3.63) is 48.0 Å². The van der Waals surface area contributed by atoms with Crippen molar-refractivity contribution in [1.82, 2.24) is 5.06 Å². The molecule has 0 spiro atoms. The van der Waals surface area contributed by atoms with Gasteiger partial charge in [0.05, 0.1) is 18.9 Å². The fraction of sp³-hybridized carbons (Fsp3) is 0.630. The monoisotopic (exact) mass is 467 g/mol. The highest BCUT2D eigenvalue weighted by atomic mass is 16.7. The van der Waals surface area contributed by atoms with Crippen LogP contribution in [0.5, 0.6) is 0 Å². The van der Waals surface area contributed by atoms with Crippen LogP contribution in [0.15, 0.2) is 46.6 Å². The number of furan rings is 1. The van der Waals surface area contributed by atoms with E-state index < -0.39 is 23.7 Å². The molecule has 8 atom stereocenters. The Morgan fingerprint density at radius 2 is 2.15 bits per heavy atom. The number of carbonyl (C=O) groups is 2. The molecule has 0 bridgehead atoms. The van der Waals surface area contributed by atoms with Crippen molar-refractivity contribution in [1.29, 1.82) is 0 Å². The predicted octanol–water partition coefficient (Wildman–Crippen LogP) is 2.83. The van der Waals surface area contributed by atoms with E-state index in [0.29, 0.717) is 19.5 Å². The van der Waals surface area contributed by atoms with Crippen LogP contribution in [0.4, 0.5) is 0 Å². The largest absolute Gasteiger partial charge is 0.468 e. The Morgan fingerprint density at radius 3 is 2.88 bits per heavy atom. The molecule has 0 amide bonds. The zero-order valence-corrected chi connectivity index (χ0v) is 19.8. The number of hydroxylamine groups is 2. The number of hydrogen-bond donors (Lipinski definition) is 2. The molecule has 1 aromatic rings. The van der Waals surface area contributed by atoms with Crippen LogP contribution in [0.3, 0.4) is 0 Å². The molecule has 1 aromatic heterocycles. The van der Waals surface area contributed by atoms with E-state index in [1.54, 1.807) is 23.5 Å². The third-order valence-electron chi connectivity index (χ3n) is 10.0. The van der Waals surface area contributed by atoms with Gasteiger partial charge in [0.15, 0.2) is 17.2 Å². The Labute approximate surface area is 199 Å². The number of carbonyl (C=O) groups excluding carboxylic acids is 2. The quantitative estimate of drug-likeness (QED) is 0.702. The van der Waals surface area contributed by atoms with Gasteiger partial charge in [-0.2, -0.15) is 5.06 Å². The Bertz CT molecular complexity index is 1080. The number of fused-ring (bicyclic) bond motifs is 7. The van der Waals surface area contributed by atoms with Gasteiger partial charge in [-0.25, -0.2) is 0 Å². The normalized spacial score (nSPS) is 45.4. The molecule has 1 saturated heterocycles. The highest BCUT2D eigenvalue weighted by Gasteiger charge is 2.75. The van der Waals surface area contributed by atoms with E-state index in [4.69, 9.17) is 9.25 Å². The number of ketones is 2. The number of allylic oxidation sites excluding steroid dienone is 4. The molecule has 4 aliphatic carbocycles. The van der Waals surface area contributed by atoms with E-state index in [1.807, 2.05) is 18.2 Å². The van der Waals surface area contributed by atoms with Gasteiger partial charge in [-0.3, -0.25) is 14.4 Å². The number of nitrogens with zero attached hydrogens (tertiary/aromatic N) is 1. The molecule has 4 fully saturated rings. The third kappa shape index (κ3) is 2.78. The summed E-state index contributed by atoms with van der Waals surface area (Å²) in [4.78, 5) is 32.0. The summed E-state index contributed by atoms with van der Waals surface area (Å²) < 4.78 is 5.49. The minimum absolute atomic E-state index is 0.00532. The number of aliphatic hydroxyl groups is 2. The summed E-state index contributed by atoms with van der Waals surface area (Å²) in [5.41, 5.74) is -0.985. The molecule has 0 aromatic carbocycles. The standard InChI is InChI=1S/C27H33NO6/c1-25-8-7-18(30)10-16(25)5-6-20-21-11-17-13-28(14-19-4-3-9-33-19)34-27(17,23(32)15-29)26(21,2)12-22(31)24(20)25/h3-4,7-10,17,20-22,24,29,31H,5-6,11-15H2,1-2H3/t17-,20-,21-,22-,24+,25-,26-,27-/m0/s1. The lowest BCUT2D eigenvalue weighted by molar-refractivity contribution is -0.255. The molecule has 0 radical (unpaired) electrons. The molecule has 7 heteroatoms. The van der Waals surface area contributed by atoms with Gasteiger partial charge in [-0.1, -0.05) is 25.5 Å². The first kappa shape index (κ1) is 22.4. The van der Waals surface area contributed by atoms with Crippen LogP contribution >= 0.6 is 0 Å². The van der Waals surface area contributed by atoms with Crippen LogP contribution in [-0.2, 0) is 21.0 Å². The molecule has 34 heavy (non-hydrogen) atoms. The lowest BCUT2D eigenvalue weighted by Crippen LogP contribution is -2.63. The van der Waals surface area contributed by atoms with Gasteiger partial charge >= 0.3 is 0 Å². The Kier molecular flexibility index (Phi) is 4.92. The van der Waals surface area contributed by atoms with E-state index in [-0.39, 0.29) is 40.7 Å². The third-order valence-corrected chi connectivity index (χ3v) is 10.0. The van der Waals surface area contributed by atoms with Gasteiger partial charge in [0.2, 0.25) is 0 Å². The molecule has 2 N–H and O–H groups in total. The maximum atomic E-state index is 13.5. The maximum Gasteiger partial charge on any atom is 0.192 e. The van der Waals surface area contributed by atoms with E-state index in [0.717, 1.165) is 30.6 Å². The predicted molar refractivity (Wildman–Crippen MR) is 122 cm³/mol. The summed E-state index contributed by atoms with van der Waals surface area (Å²) in [6.07, 6.45) is 9.34. The minimum Gasteiger partial charge on any atom is -0.468 e. The van der Waals surface area contributed by atoms with Crippen LogP contribution in [0.1, 0.15) is 45.3 Å². The van der Waals surface area contributed by atoms with Crippen molar-refractivity contribution in [3.8, 4) is 0 Å². The fourth-order valence-corrected chi connectivity index (χ4v) is 8.73. The highest BCUT2D eigenvalue weighted by Crippen LogP contribution is 2.70. The highest BCUT2D eigenvalue weighted by molar-refractivity contribution is 6.01. The van der Waals surface area contributed by atoms with Gasteiger partial charge in [-0.05, 0) is 61.8 Å². The molecule has 7 nitrogen and oxygen atoms in total. The molecule has 0 unspecified atom stereocenters. The first-order valence-corrected chi connectivity index (χ1v) is 12.5. The van der Waals surface area contributed by atoms with E-state index in [2.05, 4.69) is 13.8 Å². The topological polar surface area (TPSA) is 100 Å². The first-order valence-electron chi connectivity index (χ1n) is 12.5. The van der Waals surface area contributed by atoms with Crippen LogP contribution in [0, 0.1) is 34.5 Å². The second-order valence-corrected chi connectivity index (χ2v) is 11.5. The summed E-state index contributed by atoms with van der Waals surface area (Å²) in [6, 6.07) is 3.71. The Balaban J connectivity index is 1.37. The first-order chi connectivity index (χ1) is 16.2. The number of Topliss-reactive ketones (excluding diaryl/α,β-unsaturated/α-hetero) is 1. The van der Waals surface area contributed by atoms with Crippen LogP contribution in [0.25, 0.3) is 0 Å². The molecule has 182 valence electrons. The summed E-state index contributed by atoms with van der Waals surface area (Å²) in [7, 11) is 0. The van der Waals surface area contributed by atoms with Crippen LogP contribution < -0.4 is 0 Å². The molecule has 6 rings (SSSR count). The van der Waals surface area contributed by atoms with Gasteiger partial charge in [0, 0.05) is 29.2 Å². The van der Waals surface area contributed by atoms with Crippen molar-refractivity contribution in [2.24, 2.45) is 34.5 Å². The summed E-state index contributed by atoms with van der Waals surface area (Å²) in [5, 5.41) is 23.5. The van der Waals surface area contributed by atoms with E-state index in [1.165, 1.54) is 0 Å². The SMILES string of the molecule is C[C@]12C=CC(=O)C=C1CC[C@@H]1[C@@H]2[C@@H](O)C[C@@]2(C)[C@H]1C[C@H]1CN(Cc3ccco3)O[C@]12C(=O)CO. The Hall–Kier alpha value is -2.06. The summed E-state index contributed by atoms with van der Waals surface area (Å²) in [6.45, 7) is 4.69. The smallest absolute Gasteiger partial charge is 0.192 e. The molecular weight excluding hydrogens is 434 g/mol. The van der Waals surface area contributed by atoms with Crippen molar-refractivity contribution in [3.63, 3.8) is 0 Å². The minimum atomic E-state index is -1.15. The zero-order chi connectivity index (χ0) is 23.9. The van der Waals surface area contributed by atoms with Gasteiger partial charge in [0.1, 0.15) is 12.4 Å². The molecule has 5 aliphatic rings. The van der Waals surface area contributed by atoms with Crippen LogP contribution in [-0.4, -0.2) is 51.7 Å². The molecule has 2 heterocycles. The fourth-order valence-electron chi connectivity index (χ4n) is 8.73. The lowest BCUT2D eigenvalue weighted by Gasteiger charge is -2.59. The molecule has 1 aliphatic heterocycles. The average Bonchev–Trinajstić information content (AvgIpc) is 3.49. The second-order valence-electron chi connectivity index (χ2n) is 11.5. The number of rotatable bonds is 4. The van der Waals surface area contributed by atoms with Gasteiger partial charge in [-0.15, -0.1) is 0 Å². The van der Waals surface area contributed by atoms with Gasteiger partial charge < -0.3 is 14.6 Å². The number of aliphatic hydroxyl groups excluding tert-OH is 2. The van der Waals surface area contributed by atoms with E-state index >= 15 is 0 Å². The summed E-state index contributed by atoms with van der Waals surface area (Å²) >= 11 is 0. The average molecular weight is 468 g/mol. The van der Waals surface area contributed by atoms with Crippen LogP contribution in [0.2, 0.25) is 0 Å². The van der Waals surface area contributed by atoms with Crippen molar-refractivity contribution >= 4 is 11.6 Å². The van der Waals surface area contributed by atoms with Crippen molar-refractivity contribution in [2.45, 2.75) is 57.8 Å². The number of hydrogen-bond acceptors (Lipinski definition) is 7.